The lowest BCUT2D eigenvalue weighted by molar-refractivity contribution is 0.207. The molecule has 23 heavy (non-hydrogen) atoms. The van der Waals surface area contributed by atoms with Crippen LogP contribution in [0, 0.1) is 11.6 Å². The van der Waals surface area contributed by atoms with Gasteiger partial charge in [-0.25, -0.2) is 13.6 Å². The van der Waals surface area contributed by atoms with Crippen LogP contribution in [0.4, 0.5) is 19.3 Å². The maximum absolute atomic E-state index is 13.7. The molecule has 0 aliphatic carbocycles. The van der Waals surface area contributed by atoms with Crippen LogP contribution in [0.1, 0.15) is 24.4 Å². The highest BCUT2D eigenvalue weighted by atomic mass is 35.5. The van der Waals surface area contributed by atoms with Gasteiger partial charge >= 0.3 is 6.03 Å². The number of nitrogens with one attached hydrogen (secondary N) is 1. The van der Waals surface area contributed by atoms with E-state index in [0.717, 1.165) is 30.5 Å². The zero-order chi connectivity index (χ0) is 16.4. The maximum Gasteiger partial charge on any atom is 0.322 e. The minimum Gasteiger partial charge on any atom is -0.317 e. The number of amides is 2. The summed E-state index contributed by atoms with van der Waals surface area (Å²) in [7, 11) is 0. The van der Waals surface area contributed by atoms with Crippen molar-refractivity contribution in [2.45, 2.75) is 18.9 Å². The van der Waals surface area contributed by atoms with E-state index in [-0.39, 0.29) is 11.7 Å². The quantitative estimate of drug-likeness (QED) is 0.823. The molecule has 3 rings (SSSR count). The molecule has 3 nitrogen and oxygen atoms in total. The van der Waals surface area contributed by atoms with E-state index in [0.29, 0.717) is 11.6 Å². The Hall–Kier alpha value is -2.14. The summed E-state index contributed by atoms with van der Waals surface area (Å²) < 4.78 is 26.6. The van der Waals surface area contributed by atoms with Crippen molar-refractivity contribution in [3.8, 4) is 0 Å². The molecule has 0 bridgehead atoms. The zero-order valence-corrected chi connectivity index (χ0v) is 13.0. The minimum absolute atomic E-state index is 0.0405. The van der Waals surface area contributed by atoms with Gasteiger partial charge in [-0.1, -0.05) is 29.8 Å². The molecular weight excluding hydrogens is 322 g/mol. The number of likely N-dealkylation sites (tertiary alicyclic amines) is 1. The third-order valence-electron chi connectivity index (χ3n) is 3.95. The van der Waals surface area contributed by atoms with Crippen LogP contribution in [-0.2, 0) is 0 Å². The van der Waals surface area contributed by atoms with Gasteiger partial charge in [-0.3, -0.25) is 0 Å². The van der Waals surface area contributed by atoms with Gasteiger partial charge in [0.05, 0.1) is 11.7 Å². The van der Waals surface area contributed by atoms with E-state index in [4.69, 9.17) is 11.6 Å². The van der Waals surface area contributed by atoms with Gasteiger partial charge in [-0.2, -0.15) is 0 Å². The molecule has 120 valence electrons. The molecular formula is C17H15ClF2N2O. The van der Waals surface area contributed by atoms with Gasteiger partial charge in [0.15, 0.2) is 0 Å². The summed E-state index contributed by atoms with van der Waals surface area (Å²) in [6, 6.07) is 9.86. The predicted molar refractivity (Wildman–Crippen MR) is 85.5 cm³/mol. The third kappa shape index (κ3) is 3.29. The Labute approximate surface area is 137 Å². The van der Waals surface area contributed by atoms with Crippen molar-refractivity contribution in [1.29, 1.82) is 0 Å². The number of rotatable bonds is 2. The monoisotopic (exact) mass is 336 g/mol. The average Bonchev–Trinajstić information content (AvgIpc) is 3.00. The summed E-state index contributed by atoms with van der Waals surface area (Å²) in [6.45, 7) is 0.560. The minimum atomic E-state index is -0.799. The van der Waals surface area contributed by atoms with Gasteiger partial charge in [0.2, 0.25) is 0 Å². The smallest absolute Gasteiger partial charge is 0.317 e. The summed E-state index contributed by atoms with van der Waals surface area (Å²) in [6.07, 6.45) is 1.64. The fourth-order valence-corrected chi connectivity index (χ4v) is 3.12. The first-order valence-electron chi connectivity index (χ1n) is 7.33. The number of anilines is 1. The Morgan fingerprint density at radius 2 is 2.00 bits per heavy atom. The van der Waals surface area contributed by atoms with E-state index in [2.05, 4.69) is 5.32 Å². The highest BCUT2D eigenvalue weighted by molar-refractivity contribution is 6.31. The van der Waals surface area contributed by atoms with Crippen molar-refractivity contribution < 1.29 is 13.6 Å². The standard InChI is InChI=1S/C17H15ClF2N2O/c18-13-5-2-1-4-12(13)16-6-3-9-22(16)17(23)21-15-8-7-11(19)10-14(15)20/h1-2,4-5,7-8,10,16H,3,6,9H2,(H,21,23)/t16-/m1/s1. The molecule has 0 aromatic heterocycles. The molecule has 6 heteroatoms. The maximum atomic E-state index is 13.7. The lowest BCUT2D eigenvalue weighted by Crippen LogP contribution is -2.34. The predicted octanol–water partition coefficient (Wildman–Crippen LogP) is 4.99. The molecule has 1 fully saturated rings. The van der Waals surface area contributed by atoms with Gasteiger partial charge in [0, 0.05) is 17.6 Å². The highest BCUT2D eigenvalue weighted by Crippen LogP contribution is 2.36. The van der Waals surface area contributed by atoms with Crippen molar-refractivity contribution in [3.05, 3.63) is 64.7 Å². The van der Waals surface area contributed by atoms with E-state index >= 15 is 0 Å². The summed E-state index contributed by atoms with van der Waals surface area (Å²) in [4.78, 5) is 14.1. The molecule has 1 N–H and O–H groups in total. The topological polar surface area (TPSA) is 32.3 Å². The zero-order valence-electron chi connectivity index (χ0n) is 12.2. The number of halogens is 3. The molecule has 1 aliphatic rings. The van der Waals surface area contributed by atoms with Crippen molar-refractivity contribution in [1.82, 2.24) is 4.90 Å². The van der Waals surface area contributed by atoms with Gasteiger partial charge in [0.25, 0.3) is 0 Å². The van der Waals surface area contributed by atoms with Crippen molar-refractivity contribution >= 4 is 23.3 Å². The van der Waals surface area contributed by atoms with Crippen LogP contribution in [0.5, 0.6) is 0 Å². The fourth-order valence-electron chi connectivity index (χ4n) is 2.86. The molecule has 2 aromatic rings. The fraction of sp³-hybridized carbons (Fsp3) is 0.235. The number of nitrogens with zero attached hydrogens (tertiary/aromatic N) is 1. The first kappa shape index (κ1) is 15.7. The normalized spacial score (nSPS) is 17.3. The summed E-state index contributed by atoms with van der Waals surface area (Å²) >= 11 is 6.22. The Morgan fingerprint density at radius 1 is 1.22 bits per heavy atom. The Balaban J connectivity index is 1.80. The van der Waals surface area contributed by atoms with Crippen LogP contribution in [0.15, 0.2) is 42.5 Å². The second-order valence-corrected chi connectivity index (χ2v) is 5.83. The molecule has 2 aromatic carbocycles. The number of carbonyl (C=O) groups is 1. The number of hydrogen-bond donors (Lipinski definition) is 1. The van der Waals surface area contributed by atoms with Gasteiger partial charge in [-0.05, 0) is 36.6 Å². The molecule has 2 amide bonds. The molecule has 1 saturated heterocycles. The highest BCUT2D eigenvalue weighted by Gasteiger charge is 2.31. The number of benzene rings is 2. The van der Waals surface area contributed by atoms with E-state index < -0.39 is 17.7 Å². The van der Waals surface area contributed by atoms with Gasteiger partial charge in [-0.15, -0.1) is 0 Å². The van der Waals surface area contributed by atoms with Crippen molar-refractivity contribution in [2.75, 3.05) is 11.9 Å². The van der Waals surface area contributed by atoms with E-state index in [1.807, 2.05) is 18.2 Å². The van der Waals surface area contributed by atoms with Crippen LogP contribution < -0.4 is 5.32 Å². The first-order chi connectivity index (χ1) is 11.1. The van der Waals surface area contributed by atoms with Crippen molar-refractivity contribution in [3.63, 3.8) is 0 Å². The summed E-state index contributed by atoms with van der Waals surface area (Å²) in [5.41, 5.74) is 0.836. The SMILES string of the molecule is O=C(Nc1ccc(F)cc1F)N1CCC[C@@H]1c1ccccc1Cl. The molecule has 1 aliphatic heterocycles. The van der Waals surface area contributed by atoms with Gasteiger partial charge in [0.1, 0.15) is 11.6 Å². The summed E-state index contributed by atoms with van der Waals surface area (Å²) in [5.74, 6) is -1.48. The molecule has 0 saturated carbocycles. The first-order valence-corrected chi connectivity index (χ1v) is 7.71. The number of urea groups is 1. The molecule has 0 radical (unpaired) electrons. The lowest BCUT2D eigenvalue weighted by atomic mass is 10.0. The van der Waals surface area contributed by atoms with E-state index in [1.165, 1.54) is 6.07 Å². The second-order valence-electron chi connectivity index (χ2n) is 5.43. The van der Waals surface area contributed by atoms with E-state index in [1.54, 1.807) is 11.0 Å². The average molecular weight is 337 g/mol. The van der Waals surface area contributed by atoms with E-state index in [9.17, 15) is 13.6 Å². The summed E-state index contributed by atoms with van der Waals surface area (Å²) in [5, 5.41) is 3.10. The number of hydrogen-bond acceptors (Lipinski definition) is 1. The van der Waals surface area contributed by atoms with Crippen LogP contribution in [0.2, 0.25) is 5.02 Å². The van der Waals surface area contributed by atoms with Crippen molar-refractivity contribution in [2.24, 2.45) is 0 Å². The van der Waals surface area contributed by atoms with Crippen LogP contribution in [0.25, 0.3) is 0 Å². The van der Waals surface area contributed by atoms with Gasteiger partial charge < -0.3 is 10.2 Å². The third-order valence-corrected chi connectivity index (χ3v) is 4.29. The largest absolute Gasteiger partial charge is 0.322 e. The van der Waals surface area contributed by atoms with Crippen LogP contribution in [0.3, 0.4) is 0 Å². The Kier molecular flexibility index (Phi) is 4.48. The second kappa shape index (κ2) is 6.54. The molecule has 0 unspecified atom stereocenters. The van der Waals surface area contributed by atoms with Crippen LogP contribution >= 0.6 is 11.6 Å². The number of carbonyl (C=O) groups excluding carboxylic acids is 1. The molecule has 1 atom stereocenters. The molecule has 0 spiro atoms. The molecule has 1 heterocycles. The lowest BCUT2D eigenvalue weighted by Gasteiger charge is -2.26. The van der Waals surface area contributed by atoms with Crippen LogP contribution in [-0.4, -0.2) is 17.5 Å². The Morgan fingerprint density at radius 3 is 2.74 bits per heavy atom. The Bertz CT molecular complexity index is 738.